The molecule has 0 heterocycles. The molecular weight excluding hydrogens is 971 g/mol. The van der Waals surface area contributed by atoms with Crippen LogP contribution < -0.4 is 5.32 Å². The summed E-state index contributed by atoms with van der Waals surface area (Å²) >= 11 is 0. The number of allylic oxidation sites excluding steroid dienone is 1. The first-order valence-electron chi connectivity index (χ1n) is 36.5. The molecule has 3 N–H and O–H groups in total. The zero-order valence-electron chi connectivity index (χ0n) is 53.9. The van der Waals surface area contributed by atoms with Crippen molar-refractivity contribution < 1.29 is 24.5 Å². The molecule has 0 radical (unpaired) electrons. The fourth-order valence-electron chi connectivity index (χ4n) is 11.8. The lowest BCUT2D eigenvalue weighted by atomic mass is 10.0. The predicted octanol–water partition coefficient (Wildman–Crippen LogP) is 23.5. The number of amides is 1. The minimum atomic E-state index is -0.842. The lowest BCUT2D eigenvalue weighted by molar-refractivity contribution is -0.143. The van der Waals surface area contributed by atoms with E-state index in [1.807, 2.05) is 6.08 Å². The lowest BCUT2D eigenvalue weighted by Crippen LogP contribution is -2.45. The highest BCUT2D eigenvalue weighted by Gasteiger charge is 2.18. The monoisotopic (exact) mass is 1110 g/mol. The van der Waals surface area contributed by atoms with Crippen molar-refractivity contribution in [1.82, 2.24) is 5.32 Å². The summed E-state index contributed by atoms with van der Waals surface area (Å²) in [5.74, 6) is -0.0384. The van der Waals surface area contributed by atoms with Gasteiger partial charge in [0.2, 0.25) is 5.91 Å². The minimum absolute atomic E-state index is 0.0218. The van der Waals surface area contributed by atoms with Gasteiger partial charge in [-0.15, -0.1) is 0 Å². The Morgan fingerprint density at radius 3 is 0.861 bits per heavy atom. The zero-order valence-corrected chi connectivity index (χ0v) is 53.9. The smallest absolute Gasteiger partial charge is 0.305 e. The second-order valence-corrected chi connectivity index (χ2v) is 25.3. The van der Waals surface area contributed by atoms with Crippen LogP contribution in [0.3, 0.4) is 0 Å². The highest BCUT2D eigenvalue weighted by Crippen LogP contribution is 2.19. The number of hydrogen-bond acceptors (Lipinski definition) is 5. The number of esters is 1. The van der Waals surface area contributed by atoms with Gasteiger partial charge in [-0.3, -0.25) is 9.59 Å². The maximum atomic E-state index is 12.5. The van der Waals surface area contributed by atoms with Crippen LogP contribution in [0.4, 0.5) is 0 Å². The molecule has 0 aromatic heterocycles. The first-order chi connectivity index (χ1) is 39.0. The normalized spacial score (nSPS) is 12.5. The van der Waals surface area contributed by atoms with Crippen LogP contribution in [0.2, 0.25) is 0 Å². The Bertz CT molecular complexity index is 1190. The number of hydrogen-bond donors (Lipinski definition) is 3. The van der Waals surface area contributed by atoms with Crippen molar-refractivity contribution in [2.75, 3.05) is 13.2 Å². The molecule has 0 aliphatic rings. The summed E-state index contributed by atoms with van der Waals surface area (Å²) in [7, 11) is 0. The lowest BCUT2D eigenvalue weighted by Gasteiger charge is -2.20. The van der Waals surface area contributed by atoms with Crippen LogP contribution in [-0.2, 0) is 14.3 Å². The van der Waals surface area contributed by atoms with Gasteiger partial charge < -0.3 is 20.3 Å². The van der Waals surface area contributed by atoms with Crippen molar-refractivity contribution in [3.63, 3.8) is 0 Å². The molecule has 2 unspecified atom stereocenters. The predicted molar refractivity (Wildman–Crippen MR) is 347 cm³/mol. The molecule has 0 aliphatic carbocycles. The molecule has 0 aliphatic heterocycles. The number of carbonyl (C=O) groups excluding carboxylic acids is 2. The molecule has 0 fully saturated rings. The number of nitrogens with one attached hydrogen (secondary N) is 1. The highest BCUT2D eigenvalue weighted by atomic mass is 16.5. The van der Waals surface area contributed by atoms with Crippen LogP contribution in [0.15, 0.2) is 12.2 Å². The average molecular weight is 1110 g/mol. The van der Waals surface area contributed by atoms with Gasteiger partial charge in [0.15, 0.2) is 0 Å². The van der Waals surface area contributed by atoms with Gasteiger partial charge in [-0.1, -0.05) is 386 Å². The van der Waals surface area contributed by atoms with Gasteiger partial charge in [-0.25, -0.2) is 0 Å². The van der Waals surface area contributed by atoms with E-state index >= 15 is 0 Å². The maximum absolute atomic E-state index is 12.5. The molecule has 6 heteroatoms. The Hall–Kier alpha value is -1.40. The number of unbranched alkanes of at least 4 members (excludes halogenated alkanes) is 58. The summed E-state index contributed by atoms with van der Waals surface area (Å²) in [6, 6.07) is -0.625. The van der Waals surface area contributed by atoms with Gasteiger partial charge in [-0.05, 0) is 32.1 Å². The molecule has 0 aromatic carbocycles. The van der Waals surface area contributed by atoms with Crippen LogP contribution in [0.1, 0.15) is 418 Å². The van der Waals surface area contributed by atoms with Gasteiger partial charge >= 0.3 is 5.97 Å². The summed E-state index contributed by atoms with van der Waals surface area (Å²) < 4.78 is 5.50. The third-order valence-corrected chi connectivity index (χ3v) is 17.3. The van der Waals surface area contributed by atoms with Crippen molar-refractivity contribution in [2.24, 2.45) is 0 Å². The van der Waals surface area contributed by atoms with E-state index in [-0.39, 0.29) is 18.5 Å². The van der Waals surface area contributed by atoms with Crippen LogP contribution in [0.5, 0.6) is 0 Å². The fourth-order valence-corrected chi connectivity index (χ4v) is 11.8. The highest BCUT2D eigenvalue weighted by molar-refractivity contribution is 5.76. The van der Waals surface area contributed by atoms with Gasteiger partial charge in [-0.2, -0.15) is 0 Å². The van der Waals surface area contributed by atoms with E-state index in [2.05, 4.69) is 19.2 Å². The molecule has 1 amide bonds. The first-order valence-corrected chi connectivity index (χ1v) is 36.5. The minimum Gasteiger partial charge on any atom is -0.466 e. The van der Waals surface area contributed by atoms with Gasteiger partial charge in [0.1, 0.15) is 0 Å². The van der Waals surface area contributed by atoms with Crippen LogP contribution in [0, 0.1) is 0 Å². The van der Waals surface area contributed by atoms with E-state index in [4.69, 9.17) is 4.74 Å². The van der Waals surface area contributed by atoms with Crippen molar-refractivity contribution in [3.05, 3.63) is 12.2 Å². The summed E-state index contributed by atoms with van der Waals surface area (Å²) in [6.45, 7) is 4.96. The van der Waals surface area contributed by atoms with Gasteiger partial charge in [0.25, 0.3) is 0 Å². The summed E-state index contributed by atoms with van der Waals surface area (Å²) in [6.07, 6.45) is 85.9. The number of aliphatic hydroxyl groups excluding tert-OH is 2. The number of ether oxygens (including phenoxy) is 1. The maximum Gasteiger partial charge on any atom is 0.305 e. The Morgan fingerprint density at radius 2 is 0.582 bits per heavy atom. The molecule has 0 saturated heterocycles. The van der Waals surface area contributed by atoms with Gasteiger partial charge in [0.05, 0.1) is 25.4 Å². The molecule has 0 rings (SSSR count). The van der Waals surface area contributed by atoms with Crippen LogP contribution in [-0.4, -0.2) is 47.4 Å². The van der Waals surface area contributed by atoms with Crippen molar-refractivity contribution in [1.29, 1.82) is 0 Å². The first kappa shape index (κ1) is 77.6. The summed E-state index contributed by atoms with van der Waals surface area (Å²) in [5.41, 5.74) is 0. The fraction of sp³-hybridized carbons (Fsp3) is 0.945. The van der Waals surface area contributed by atoms with E-state index in [1.165, 1.54) is 353 Å². The van der Waals surface area contributed by atoms with Crippen molar-refractivity contribution in [2.45, 2.75) is 431 Å². The number of rotatable bonds is 69. The SMILES string of the molecule is CCCCCCCCCCCCCCCCCCCC/C=C/C(O)C(CO)NC(=O)CCCCCCCCCCCCCCCCCCCCCCCCCCCCCCOC(=O)CCCCCCCCCCCCCCCC. The molecule has 79 heavy (non-hydrogen) atoms. The summed E-state index contributed by atoms with van der Waals surface area (Å²) in [5, 5.41) is 23.3. The Morgan fingerprint density at radius 1 is 0.342 bits per heavy atom. The molecule has 0 saturated carbocycles. The average Bonchev–Trinajstić information content (AvgIpc) is 3.45. The quantitative estimate of drug-likeness (QED) is 0.0320. The molecule has 6 nitrogen and oxygen atoms in total. The Balaban J connectivity index is 3.36. The molecule has 0 aromatic rings. The van der Waals surface area contributed by atoms with E-state index in [0.717, 1.165) is 38.5 Å². The van der Waals surface area contributed by atoms with Gasteiger partial charge in [0, 0.05) is 12.8 Å². The van der Waals surface area contributed by atoms with E-state index in [9.17, 15) is 19.8 Å². The second-order valence-electron chi connectivity index (χ2n) is 25.3. The van der Waals surface area contributed by atoms with E-state index in [1.54, 1.807) is 6.08 Å². The second kappa shape index (κ2) is 69.1. The number of carbonyl (C=O) groups is 2. The largest absolute Gasteiger partial charge is 0.466 e. The van der Waals surface area contributed by atoms with Crippen molar-refractivity contribution >= 4 is 11.9 Å². The Labute approximate surface area is 495 Å². The topological polar surface area (TPSA) is 95.9 Å². The standard InChI is InChI=1S/C73H143NO5/c1-3-5-7-9-11-13-15-17-19-20-21-32-35-38-41-45-49-53-57-61-65-71(76)70(69-75)74-72(77)66-62-58-54-50-46-42-39-36-33-30-28-26-24-22-23-25-27-29-31-34-37-40-44-48-52-56-60-64-68-79-73(78)67-63-59-55-51-47-43-18-16-14-12-10-8-6-4-2/h61,65,70-71,75-76H,3-60,62-64,66-69H2,1-2H3,(H,74,77)/b65-61+. The Kier molecular flexibility index (Phi) is 67.9. The third kappa shape index (κ3) is 65.6. The third-order valence-electron chi connectivity index (χ3n) is 17.3. The molecule has 470 valence electrons. The van der Waals surface area contributed by atoms with E-state index < -0.39 is 12.1 Å². The van der Waals surface area contributed by atoms with E-state index in [0.29, 0.717) is 19.4 Å². The molecule has 0 spiro atoms. The summed E-state index contributed by atoms with van der Waals surface area (Å²) in [4.78, 5) is 24.6. The molecular formula is C73H143NO5. The van der Waals surface area contributed by atoms with Crippen LogP contribution >= 0.6 is 0 Å². The van der Waals surface area contributed by atoms with Crippen molar-refractivity contribution in [3.8, 4) is 0 Å². The molecule has 2 atom stereocenters. The molecule has 0 bridgehead atoms. The zero-order chi connectivity index (χ0) is 57.1. The number of aliphatic hydroxyl groups is 2. The van der Waals surface area contributed by atoms with Crippen LogP contribution in [0.25, 0.3) is 0 Å².